The molecule has 3 aliphatic carbocycles. The Kier molecular flexibility index (Phi) is 6.89. The van der Waals surface area contributed by atoms with Crippen LogP contribution in [0.25, 0.3) is 5.57 Å². The van der Waals surface area contributed by atoms with Gasteiger partial charge >= 0.3 is 11.8 Å². The molecule has 0 saturated heterocycles. The average Bonchev–Trinajstić information content (AvgIpc) is 2.78. The summed E-state index contributed by atoms with van der Waals surface area (Å²) in [5.74, 6) is -10.2. The molecule has 1 atom stereocenters. The van der Waals surface area contributed by atoms with Crippen molar-refractivity contribution in [2.75, 3.05) is 13.2 Å². The minimum Gasteiger partial charge on any atom is -0.490 e. The fourth-order valence-corrected chi connectivity index (χ4v) is 5.63. The summed E-state index contributed by atoms with van der Waals surface area (Å²) in [4.78, 5) is 0. The van der Waals surface area contributed by atoms with Crippen molar-refractivity contribution in [3.05, 3.63) is 46.8 Å². The van der Waals surface area contributed by atoms with Gasteiger partial charge in [0.2, 0.25) is 0 Å². The lowest BCUT2D eigenvalue weighted by Crippen LogP contribution is -2.46. The van der Waals surface area contributed by atoms with Crippen molar-refractivity contribution in [2.24, 2.45) is 11.8 Å². The molecule has 0 radical (unpaired) electrons. The molecule has 34 heavy (non-hydrogen) atoms. The molecule has 0 heterocycles. The normalized spacial score (nSPS) is 29.5. The van der Waals surface area contributed by atoms with Crippen molar-refractivity contribution in [3.63, 3.8) is 0 Å². The second-order valence-electron chi connectivity index (χ2n) is 10.1. The topological polar surface area (TPSA) is 18.5 Å². The van der Waals surface area contributed by atoms with Gasteiger partial charge < -0.3 is 9.47 Å². The predicted octanol–water partition coefficient (Wildman–Crippen LogP) is 8.06. The first-order valence-corrected chi connectivity index (χ1v) is 12.3. The summed E-state index contributed by atoms with van der Waals surface area (Å²) < 4.78 is 87.1. The van der Waals surface area contributed by atoms with Crippen LogP contribution in [0.3, 0.4) is 0 Å². The van der Waals surface area contributed by atoms with E-state index in [9.17, 15) is 0 Å². The Balaban J connectivity index is 1.61. The van der Waals surface area contributed by atoms with Crippen LogP contribution in [0.15, 0.2) is 29.9 Å². The first-order valence-electron chi connectivity index (χ1n) is 12.3. The molecule has 188 valence electrons. The highest BCUT2D eigenvalue weighted by Crippen LogP contribution is 2.59. The number of rotatable bonds is 7. The Bertz CT molecular complexity index is 975. The molecular formula is C27H33F5O2. The number of fused-ring (bicyclic) bond motifs is 3. The van der Waals surface area contributed by atoms with E-state index in [-0.39, 0.29) is 36.7 Å². The monoisotopic (exact) mass is 484 g/mol. The van der Waals surface area contributed by atoms with Gasteiger partial charge in [-0.2, -0.15) is 17.6 Å². The van der Waals surface area contributed by atoms with Gasteiger partial charge in [0.05, 0.1) is 17.8 Å². The van der Waals surface area contributed by atoms with E-state index in [4.69, 9.17) is 9.47 Å². The Hall–Kier alpha value is -1.89. The molecule has 0 aliphatic heterocycles. The Morgan fingerprint density at radius 3 is 2.29 bits per heavy atom. The molecule has 1 aromatic carbocycles. The second-order valence-corrected chi connectivity index (χ2v) is 10.1. The number of hydrogen-bond donors (Lipinski definition) is 0. The van der Waals surface area contributed by atoms with E-state index in [0.717, 1.165) is 38.2 Å². The standard InChI is InChI=1S/C27H33F5O2/c1-4-6-17-7-9-18(10-8-17)16-33-22-12-11-20-19-13-14-25(3,34-5-2)15-21(19)26(29,30)27(31,32)23(20)24(22)28/h11-13,15,17-18H,4-10,14,16H2,1-3H3. The lowest BCUT2D eigenvalue weighted by atomic mass is 9.73. The highest BCUT2D eigenvalue weighted by molar-refractivity contribution is 5.87. The van der Waals surface area contributed by atoms with Crippen LogP contribution < -0.4 is 4.74 Å². The molecule has 1 fully saturated rings. The molecule has 4 rings (SSSR count). The lowest BCUT2D eigenvalue weighted by Gasteiger charge is -2.41. The fraction of sp³-hybridized carbons (Fsp3) is 0.630. The zero-order chi connectivity index (χ0) is 24.7. The Labute approximate surface area is 198 Å². The molecular weight excluding hydrogens is 451 g/mol. The Morgan fingerprint density at radius 1 is 0.971 bits per heavy atom. The first-order chi connectivity index (χ1) is 16.0. The van der Waals surface area contributed by atoms with Gasteiger partial charge in [-0.25, -0.2) is 4.39 Å². The van der Waals surface area contributed by atoms with Gasteiger partial charge in [-0.15, -0.1) is 0 Å². The van der Waals surface area contributed by atoms with Crippen molar-refractivity contribution >= 4 is 5.57 Å². The van der Waals surface area contributed by atoms with Gasteiger partial charge in [0.15, 0.2) is 11.6 Å². The second kappa shape index (κ2) is 9.29. The zero-order valence-corrected chi connectivity index (χ0v) is 20.0. The SMILES string of the molecule is CCCC1CCC(COc2ccc3c(c2F)C(F)(F)C(F)(F)C2=CC(C)(OCC)CC=C23)CC1. The maximum Gasteiger partial charge on any atom is 0.343 e. The first kappa shape index (κ1) is 25.2. The van der Waals surface area contributed by atoms with E-state index in [2.05, 4.69) is 6.92 Å². The molecule has 1 unspecified atom stereocenters. The highest BCUT2D eigenvalue weighted by Gasteiger charge is 2.66. The van der Waals surface area contributed by atoms with Crippen LogP contribution in [0.2, 0.25) is 0 Å². The molecule has 7 heteroatoms. The summed E-state index contributed by atoms with van der Waals surface area (Å²) in [7, 11) is 0. The minimum absolute atomic E-state index is 0.0669. The predicted molar refractivity (Wildman–Crippen MR) is 122 cm³/mol. The third kappa shape index (κ3) is 4.29. The van der Waals surface area contributed by atoms with Crippen LogP contribution in [0.4, 0.5) is 22.0 Å². The van der Waals surface area contributed by atoms with Gasteiger partial charge in [0, 0.05) is 12.2 Å². The van der Waals surface area contributed by atoms with Crippen LogP contribution in [0.5, 0.6) is 5.75 Å². The summed E-state index contributed by atoms with van der Waals surface area (Å²) in [6.45, 7) is 5.88. The van der Waals surface area contributed by atoms with E-state index in [1.807, 2.05) is 0 Å². The third-order valence-corrected chi connectivity index (χ3v) is 7.51. The largest absolute Gasteiger partial charge is 0.490 e. The zero-order valence-electron chi connectivity index (χ0n) is 20.0. The van der Waals surface area contributed by atoms with Gasteiger partial charge in [-0.1, -0.05) is 38.7 Å². The number of ether oxygens (including phenoxy) is 2. The van der Waals surface area contributed by atoms with Crippen molar-refractivity contribution in [3.8, 4) is 5.75 Å². The van der Waals surface area contributed by atoms with Crippen molar-refractivity contribution in [2.45, 2.75) is 83.2 Å². The average molecular weight is 485 g/mol. The quantitative estimate of drug-likeness (QED) is 0.365. The number of hydrogen-bond acceptors (Lipinski definition) is 2. The lowest BCUT2D eigenvalue weighted by molar-refractivity contribution is -0.195. The molecule has 1 aromatic rings. The summed E-state index contributed by atoms with van der Waals surface area (Å²) in [6.07, 6.45) is 9.08. The van der Waals surface area contributed by atoms with Gasteiger partial charge in [-0.3, -0.25) is 0 Å². The van der Waals surface area contributed by atoms with Crippen LogP contribution in [-0.4, -0.2) is 24.7 Å². The summed E-state index contributed by atoms with van der Waals surface area (Å²) in [5, 5.41) is 0. The van der Waals surface area contributed by atoms with Crippen LogP contribution >= 0.6 is 0 Å². The maximum absolute atomic E-state index is 15.3. The number of halogens is 5. The van der Waals surface area contributed by atoms with Crippen LogP contribution in [0.1, 0.15) is 76.8 Å². The molecule has 0 N–H and O–H groups in total. The van der Waals surface area contributed by atoms with E-state index in [1.54, 1.807) is 13.8 Å². The van der Waals surface area contributed by atoms with E-state index < -0.39 is 40.1 Å². The van der Waals surface area contributed by atoms with Crippen molar-refractivity contribution < 1.29 is 31.4 Å². The Morgan fingerprint density at radius 2 is 1.65 bits per heavy atom. The molecule has 1 saturated carbocycles. The van der Waals surface area contributed by atoms with Crippen molar-refractivity contribution in [1.29, 1.82) is 0 Å². The molecule has 2 nitrogen and oxygen atoms in total. The minimum atomic E-state index is -4.72. The summed E-state index contributed by atoms with van der Waals surface area (Å²) in [5.41, 5.74) is -3.51. The molecule has 0 bridgehead atoms. The molecule has 0 aromatic heterocycles. The molecule has 0 spiro atoms. The smallest absolute Gasteiger partial charge is 0.343 e. The van der Waals surface area contributed by atoms with Crippen LogP contribution in [0, 0.1) is 17.7 Å². The van der Waals surface area contributed by atoms with E-state index in [0.29, 0.717) is 5.92 Å². The number of allylic oxidation sites excluding steroid dienone is 2. The van der Waals surface area contributed by atoms with Gasteiger partial charge in [-0.05, 0) is 74.3 Å². The van der Waals surface area contributed by atoms with Crippen LogP contribution in [-0.2, 0) is 10.7 Å². The van der Waals surface area contributed by atoms with E-state index in [1.165, 1.54) is 24.6 Å². The molecule has 0 amide bonds. The number of alkyl halides is 4. The number of benzene rings is 1. The third-order valence-electron chi connectivity index (χ3n) is 7.51. The van der Waals surface area contributed by atoms with Gasteiger partial charge in [0.1, 0.15) is 0 Å². The maximum atomic E-state index is 15.3. The summed E-state index contributed by atoms with van der Waals surface area (Å²) >= 11 is 0. The fourth-order valence-electron chi connectivity index (χ4n) is 5.63. The van der Waals surface area contributed by atoms with Crippen molar-refractivity contribution in [1.82, 2.24) is 0 Å². The van der Waals surface area contributed by atoms with E-state index >= 15 is 22.0 Å². The van der Waals surface area contributed by atoms with Gasteiger partial charge in [0.25, 0.3) is 0 Å². The highest BCUT2D eigenvalue weighted by atomic mass is 19.3. The summed E-state index contributed by atoms with van der Waals surface area (Å²) in [6, 6.07) is 2.56. The molecule has 3 aliphatic rings.